The van der Waals surface area contributed by atoms with Gasteiger partial charge in [0.25, 0.3) is 0 Å². The van der Waals surface area contributed by atoms with Crippen molar-refractivity contribution in [3.63, 3.8) is 0 Å². The van der Waals surface area contributed by atoms with Gasteiger partial charge in [0.15, 0.2) is 0 Å². The second-order valence-corrected chi connectivity index (χ2v) is 3.50. The number of benzene rings is 1. The molecule has 0 amide bonds. The van der Waals surface area contributed by atoms with E-state index in [0.29, 0.717) is 12.1 Å². The molecule has 72 valence electrons. The molecule has 0 radical (unpaired) electrons. The molecule has 0 spiro atoms. The molecule has 3 heteroatoms. The molecule has 1 aliphatic rings. The van der Waals surface area contributed by atoms with E-state index in [1.54, 1.807) is 6.07 Å². The Bertz CT molecular complexity index is 389. The van der Waals surface area contributed by atoms with Gasteiger partial charge in [0.1, 0.15) is 1.41 Å². The van der Waals surface area contributed by atoms with Crippen LogP contribution in [-0.2, 0) is 0 Å². The molecule has 1 saturated heterocycles. The van der Waals surface area contributed by atoms with Crippen LogP contribution in [0.25, 0.3) is 0 Å². The fourth-order valence-corrected chi connectivity index (χ4v) is 1.84. The summed E-state index contributed by atoms with van der Waals surface area (Å²) in [5.74, 6) is 0. The Hall–Kier alpha value is -1.37. The summed E-state index contributed by atoms with van der Waals surface area (Å²) >= 11 is 0. The van der Waals surface area contributed by atoms with Gasteiger partial charge in [-0.25, -0.2) is 0 Å². The van der Waals surface area contributed by atoms with Crippen LogP contribution in [0.15, 0.2) is 24.3 Å². The van der Waals surface area contributed by atoms with Gasteiger partial charge < -0.3 is 11.0 Å². The van der Waals surface area contributed by atoms with E-state index in [1.165, 1.54) is 5.31 Å². The highest BCUT2D eigenvalue weighted by atomic mass is 15.0. The second-order valence-electron chi connectivity index (χ2n) is 3.50. The van der Waals surface area contributed by atoms with Crippen LogP contribution in [0, 0.1) is 11.3 Å². The van der Waals surface area contributed by atoms with E-state index in [1.807, 2.05) is 18.2 Å². The maximum atomic E-state index is 8.98. The van der Waals surface area contributed by atoms with E-state index < -0.39 is 0 Å². The number of nitrogens with zero attached hydrogens (tertiary/aromatic N) is 1. The minimum absolute atomic E-state index is 0.0444. The quantitative estimate of drug-likeness (QED) is 0.689. The first-order valence-corrected chi connectivity index (χ1v) is 4.74. The van der Waals surface area contributed by atoms with Crippen LogP contribution in [-0.4, -0.2) is 12.6 Å². The first kappa shape index (κ1) is 7.98. The van der Waals surface area contributed by atoms with E-state index in [9.17, 15) is 0 Å². The van der Waals surface area contributed by atoms with Gasteiger partial charge >= 0.3 is 0 Å². The van der Waals surface area contributed by atoms with Crippen LogP contribution < -0.4 is 11.0 Å². The van der Waals surface area contributed by atoms with Gasteiger partial charge in [-0.2, -0.15) is 5.26 Å². The topological polar surface area (TPSA) is 61.8 Å². The lowest BCUT2D eigenvalue weighted by atomic mass is 9.97. The Morgan fingerprint density at radius 1 is 1.57 bits per heavy atom. The van der Waals surface area contributed by atoms with Crippen LogP contribution in [0.5, 0.6) is 0 Å². The predicted molar refractivity (Wildman–Crippen MR) is 54.5 cm³/mol. The molecule has 14 heavy (non-hydrogen) atoms. The van der Waals surface area contributed by atoms with Crippen molar-refractivity contribution in [1.29, 1.82) is 5.26 Å². The van der Waals surface area contributed by atoms with Crippen molar-refractivity contribution in [2.45, 2.75) is 18.5 Å². The Labute approximate surface area is 85.0 Å². The van der Waals surface area contributed by atoms with E-state index >= 15 is 0 Å². The average Bonchev–Trinajstić information content (AvgIpc) is 2.59. The van der Waals surface area contributed by atoms with Crippen molar-refractivity contribution < 1.29 is 1.41 Å². The van der Waals surface area contributed by atoms with Gasteiger partial charge in [0, 0.05) is 12.1 Å². The summed E-state index contributed by atoms with van der Waals surface area (Å²) in [7, 11) is 0. The third-order valence-electron chi connectivity index (χ3n) is 2.59. The minimum Gasteiger partial charge on any atom is -0.326 e. The zero-order valence-electron chi connectivity index (χ0n) is 8.85. The van der Waals surface area contributed by atoms with Crippen LogP contribution in [0.1, 0.15) is 23.6 Å². The minimum atomic E-state index is -0.138. The maximum Gasteiger partial charge on any atom is 0.123 e. The molecule has 1 aliphatic heterocycles. The average molecular weight is 188 g/mol. The smallest absolute Gasteiger partial charge is 0.123 e. The third-order valence-corrected chi connectivity index (χ3v) is 2.59. The molecule has 2 atom stereocenters. The molecule has 2 rings (SSSR count). The summed E-state index contributed by atoms with van der Waals surface area (Å²) in [4.78, 5) is 0. The van der Waals surface area contributed by atoms with Crippen molar-refractivity contribution in [2.75, 3.05) is 6.54 Å². The SMILES string of the molecule is [2H]N1CCC(N)[C@H]1c1ccccc1C#N. The molecule has 1 fully saturated rings. The fraction of sp³-hybridized carbons (Fsp3) is 0.364. The number of nitriles is 1. The molecule has 1 aromatic carbocycles. The maximum absolute atomic E-state index is 8.98. The van der Waals surface area contributed by atoms with Crippen molar-refractivity contribution >= 4 is 0 Å². The zero-order valence-corrected chi connectivity index (χ0v) is 7.85. The monoisotopic (exact) mass is 188 g/mol. The largest absolute Gasteiger partial charge is 0.326 e. The highest BCUT2D eigenvalue weighted by molar-refractivity contribution is 5.40. The Balaban J connectivity index is 2.41. The first-order chi connectivity index (χ1) is 7.24. The summed E-state index contributed by atoms with van der Waals surface area (Å²) in [5.41, 5.74) is 7.45. The van der Waals surface area contributed by atoms with E-state index in [2.05, 4.69) is 6.07 Å². The fourth-order valence-electron chi connectivity index (χ4n) is 1.84. The lowest BCUT2D eigenvalue weighted by Crippen LogP contribution is -2.28. The lowest BCUT2D eigenvalue weighted by molar-refractivity contribution is 0.570. The molecule has 0 bridgehead atoms. The van der Waals surface area contributed by atoms with E-state index in [0.717, 1.165) is 12.0 Å². The summed E-state index contributed by atoms with van der Waals surface area (Å²) in [6.07, 6.45) is 0.813. The summed E-state index contributed by atoms with van der Waals surface area (Å²) in [6.45, 7) is 0.672. The molecule has 1 heterocycles. The van der Waals surface area contributed by atoms with Crippen molar-refractivity contribution in [2.24, 2.45) is 5.73 Å². The molecular formula is C11H13N3. The Morgan fingerprint density at radius 3 is 3.00 bits per heavy atom. The molecule has 0 aliphatic carbocycles. The van der Waals surface area contributed by atoms with Crippen molar-refractivity contribution in [1.82, 2.24) is 5.31 Å². The number of hydrogen-bond acceptors (Lipinski definition) is 3. The summed E-state index contributed by atoms with van der Waals surface area (Å²) in [5, 5.41) is 10.5. The molecule has 0 saturated carbocycles. The number of hydrogen-bond donors (Lipinski definition) is 2. The molecule has 0 aromatic heterocycles. The van der Waals surface area contributed by atoms with E-state index in [4.69, 9.17) is 12.4 Å². The van der Waals surface area contributed by atoms with Crippen LogP contribution in [0.4, 0.5) is 0 Å². The third kappa shape index (κ3) is 1.50. The molecule has 1 aromatic rings. The second kappa shape index (κ2) is 3.79. The highest BCUT2D eigenvalue weighted by Crippen LogP contribution is 2.24. The van der Waals surface area contributed by atoms with Gasteiger partial charge in [0.05, 0.1) is 11.6 Å². The Morgan fingerprint density at radius 2 is 2.36 bits per heavy atom. The first-order valence-electron chi connectivity index (χ1n) is 5.19. The molecule has 3 nitrogen and oxygen atoms in total. The van der Waals surface area contributed by atoms with Crippen LogP contribution in [0.3, 0.4) is 0 Å². The van der Waals surface area contributed by atoms with Gasteiger partial charge in [-0.15, -0.1) is 0 Å². The molecule has 3 N–H and O–H groups in total. The number of rotatable bonds is 1. The van der Waals surface area contributed by atoms with Crippen molar-refractivity contribution in [3.8, 4) is 6.07 Å². The van der Waals surface area contributed by atoms with Crippen LogP contribution >= 0.6 is 0 Å². The Kier molecular flexibility index (Phi) is 2.16. The normalized spacial score (nSPS) is 28.4. The molecular weight excluding hydrogens is 174 g/mol. The van der Waals surface area contributed by atoms with Gasteiger partial charge in [-0.3, -0.25) is 0 Å². The van der Waals surface area contributed by atoms with Gasteiger partial charge in [-0.1, -0.05) is 18.2 Å². The van der Waals surface area contributed by atoms with Gasteiger partial charge in [0.2, 0.25) is 0 Å². The zero-order chi connectivity index (χ0) is 10.8. The lowest BCUT2D eigenvalue weighted by Gasteiger charge is -2.16. The van der Waals surface area contributed by atoms with Crippen molar-refractivity contribution in [3.05, 3.63) is 35.4 Å². The van der Waals surface area contributed by atoms with Crippen LogP contribution in [0.2, 0.25) is 1.41 Å². The number of nitrogens with one attached hydrogen (secondary N) is 1. The van der Waals surface area contributed by atoms with E-state index in [-0.39, 0.29) is 12.1 Å². The standard InChI is InChI=1S/C11H13N3/c12-7-8-3-1-2-4-9(8)11-10(13)5-6-14-11/h1-4,10-11,14H,5-6,13H2/t10?,11-/m1/s1/i/hD. The predicted octanol–water partition coefficient (Wildman–Crippen LogP) is 0.920. The summed E-state index contributed by atoms with van der Waals surface area (Å²) in [6, 6.07) is 9.34. The summed E-state index contributed by atoms with van der Waals surface area (Å²) < 4.78 is 7.77. The molecule has 1 unspecified atom stereocenters. The van der Waals surface area contributed by atoms with Gasteiger partial charge in [-0.05, 0) is 24.6 Å². The highest BCUT2D eigenvalue weighted by Gasteiger charge is 2.26. The number of nitrogens with two attached hydrogens (primary N) is 1.